The van der Waals surface area contributed by atoms with Gasteiger partial charge in [-0.3, -0.25) is 9.59 Å². The van der Waals surface area contributed by atoms with E-state index in [1.54, 1.807) is 0 Å². The molecule has 2 amide bonds. The van der Waals surface area contributed by atoms with Crippen LogP contribution in [0.2, 0.25) is 0 Å². The smallest absolute Gasteiger partial charge is 0.264 e. The molecule has 4 nitrogen and oxygen atoms in total. The van der Waals surface area contributed by atoms with E-state index in [4.69, 9.17) is 0 Å². The summed E-state index contributed by atoms with van der Waals surface area (Å²) in [5.74, 6) is 0.0243. The Kier molecular flexibility index (Phi) is 5.19. The highest BCUT2D eigenvalue weighted by Crippen LogP contribution is 2.36. The van der Waals surface area contributed by atoms with Crippen molar-refractivity contribution in [2.75, 3.05) is 11.9 Å². The molecule has 0 bridgehead atoms. The first-order valence-corrected chi connectivity index (χ1v) is 9.87. The fraction of sp³-hybridized carbons (Fsp3) is 0.429. The second kappa shape index (κ2) is 7.23. The molecule has 0 saturated carbocycles. The first-order chi connectivity index (χ1) is 12.3. The van der Waals surface area contributed by atoms with Crippen LogP contribution in [0, 0.1) is 12.3 Å². The third-order valence-corrected chi connectivity index (χ3v) is 5.87. The van der Waals surface area contributed by atoms with Crippen LogP contribution in [0.25, 0.3) is 0 Å². The van der Waals surface area contributed by atoms with Gasteiger partial charge in [0.15, 0.2) is 0 Å². The average Bonchev–Trinajstić information content (AvgIpc) is 3.21. The van der Waals surface area contributed by atoms with E-state index in [0.717, 1.165) is 34.8 Å². The molecule has 0 spiro atoms. The topological polar surface area (TPSA) is 49.4 Å². The summed E-state index contributed by atoms with van der Waals surface area (Å²) >= 11 is 1.37. The zero-order valence-corrected chi connectivity index (χ0v) is 16.7. The molecule has 1 aliphatic rings. The van der Waals surface area contributed by atoms with Crippen molar-refractivity contribution in [3.63, 3.8) is 0 Å². The Morgan fingerprint density at radius 1 is 1.19 bits per heavy atom. The number of thiophene rings is 1. The molecule has 0 unspecified atom stereocenters. The number of nitrogens with one attached hydrogen (secondary N) is 1. The number of carbonyl (C=O) groups is 2. The molecule has 1 atom stereocenters. The Morgan fingerprint density at radius 3 is 2.54 bits per heavy atom. The molecule has 1 aliphatic heterocycles. The van der Waals surface area contributed by atoms with Gasteiger partial charge in [0.2, 0.25) is 5.91 Å². The Morgan fingerprint density at radius 2 is 1.88 bits per heavy atom. The van der Waals surface area contributed by atoms with Crippen LogP contribution < -0.4 is 5.32 Å². The molecule has 0 aliphatic carbocycles. The number of benzene rings is 1. The van der Waals surface area contributed by atoms with Crippen LogP contribution in [-0.2, 0) is 4.79 Å². The minimum absolute atomic E-state index is 0.0407. The number of amides is 2. The fourth-order valence-corrected chi connectivity index (χ4v) is 4.24. The maximum absolute atomic E-state index is 13.2. The van der Waals surface area contributed by atoms with Gasteiger partial charge < -0.3 is 10.2 Å². The summed E-state index contributed by atoms with van der Waals surface area (Å²) in [6, 6.07) is 12.3. The van der Waals surface area contributed by atoms with E-state index < -0.39 is 5.41 Å². The lowest BCUT2D eigenvalue weighted by molar-refractivity contribution is -0.123. The zero-order valence-electron chi connectivity index (χ0n) is 15.8. The maximum Gasteiger partial charge on any atom is 0.264 e. The van der Waals surface area contributed by atoms with Gasteiger partial charge in [-0.1, -0.05) is 51.1 Å². The summed E-state index contributed by atoms with van der Waals surface area (Å²) in [6.45, 7) is 8.35. The Bertz CT molecular complexity index is 805. The number of nitrogens with zero attached hydrogens (tertiary/aromatic N) is 1. The summed E-state index contributed by atoms with van der Waals surface area (Å²) < 4.78 is 0. The lowest BCUT2D eigenvalue weighted by Gasteiger charge is -2.25. The van der Waals surface area contributed by atoms with Crippen LogP contribution in [-0.4, -0.2) is 23.3 Å². The number of likely N-dealkylation sites (tertiary alicyclic amines) is 1. The van der Waals surface area contributed by atoms with Gasteiger partial charge >= 0.3 is 0 Å². The van der Waals surface area contributed by atoms with Crippen LogP contribution in [0.1, 0.15) is 60.5 Å². The van der Waals surface area contributed by atoms with Gasteiger partial charge in [-0.15, -0.1) is 11.3 Å². The van der Waals surface area contributed by atoms with Gasteiger partial charge in [0.25, 0.3) is 5.91 Å². The first kappa shape index (κ1) is 18.6. The van der Waals surface area contributed by atoms with Crippen molar-refractivity contribution in [2.24, 2.45) is 5.41 Å². The number of carbonyl (C=O) groups excluding carboxylic acids is 2. The molecule has 5 heteroatoms. The zero-order chi connectivity index (χ0) is 18.9. The van der Waals surface area contributed by atoms with E-state index in [9.17, 15) is 9.59 Å². The largest absolute Gasteiger partial charge is 0.331 e. The van der Waals surface area contributed by atoms with Crippen molar-refractivity contribution >= 4 is 28.2 Å². The Balaban J connectivity index is 1.80. The van der Waals surface area contributed by atoms with E-state index >= 15 is 0 Å². The second-order valence-electron chi connectivity index (χ2n) is 7.89. The minimum atomic E-state index is -0.463. The fourth-order valence-electron chi connectivity index (χ4n) is 3.22. The predicted molar refractivity (Wildman–Crippen MR) is 107 cm³/mol. The van der Waals surface area contributed by atoms with Gasteiger partial charge in [-0.25, -0.2) is 0 Å². The third kappa shape index (κ3) is 3.83. The summed E-state index contributed by atoms with van der Waals surface area (Å²) in [7, 11) is 0. The highest BCUT2D eigenvalue weighted by atomic mass is 32.1. The van der Waals surface area contributed by atoms with Crippen molar-refractivity contribution in [3.8, 4) is 0 Å². The lowest BCUT2D eigenvalue weighted by Crippen LogP contribution is -2.30. The van der Waals surface area contributed by atoms with Gasteiger partial charge in [0.05, 0.1) is 15.9 Å². The lowest BCUT2D eigenvalue weighted by atomic mass is 9.96. The van der Waals surface area contributed by atoms with Crippen LogP contribution in [0.3, 0.4) is 0 Å². The van der Waals surface area contributed by atoms with Crippen LogP contribution in [0.4, 0.5) is 5.00 Å². The summed E-state index contributed by atoms with van der Waals surface area (Å²) in [6.07, 6.45) is 2.01. The molecule has 138 valence electrons. The van der Waals surface area contributed by atoms with Crippen LogP contribution in [0.5, 0.6) is 0 Å². The minimum Gasteiger partial charge on any atom is -0.331 e. The van der Waals surface area contributed by atoms with Gasteiger partial charge in [-0.05, 0) is 37.0 Å². The SMILES string of the molecule is Cc1cc(NC(=O)C(C)(C)C)sc1C(=O)N1CCC[C@H]1c1ccccc1. The van der Waals surface area contributed by atoms with E-state index in [-0.39, 0.29) is 17.9 Å². The molecule has 1 aromatic heterocycles. The van der Waals surface area contributed by atoms with Crippen LogP contribution in [0.15, 0.2) is 36.4 Å². The second-order valence-corrected chi connectivity index (χ2v) is 8.95. The number of rotatable bonds is 3. The monoisotopic (exact) mass is 370 g/mol. The van der Waals surface area contributed by atoms with Gasteiger partial charge in [0.1, 0.15) is 0 Å². The normalized spacial score (nSPS) is 17.4. The van der Waals surface area contributed by atoms with Crippen molar-refractivity contribution in [2.45, 2.75) is 46.6 Å². The van der Waals surface area contributed by atoms with Crippen molar-refractivity contribution in [1.82, 2.24) is 4.90 Å². The van der Waals surface area contributed by atoms with Gasteiger partial charge in [0, 0.05) is 12.0 Å². The molecule has 2 heterocycles. The Labute approximate surface area is 159 Å². The molecule has 1 saturated heterocycles. The number of hydrogen-bond acceptors (Lipinski definition) is 3. The van der Waals surface area contributed by atoms with Crippen molar-refractivity contribution < 1.29 is 9.59 Å². The summed E-state index contributed by atoms with van der Waals surface area (Å²) in [4.78, 5) is 28.1. The standard InChI is InChI=1S/C21H26N2O2S/c1-14-13-17(22-20(25)21(2,3)4)26-18(14)19(24)23-12-8-11-16(23)15-9-6-5-7-10-15/h5-7,9-10,13,16H,8,11-12H2,1-4H3,(H,22,25)/t16-/m0/s1. The van der Waals surface area contributed by atoms with Crippen molar-refractivity contribution in [1.29, 1.82) is 0 Å². The first-order valence-electron chi connectivity index (χ1n) is 9.05. The molecular weight excluding hydrogens is 344 g/mol. The quantitative estimate of drug-likeness (QED) is 0.825. The van der Waals surface area contributed by atoms with Gasteiger partial charge in [-0.2, -0.15) is 0 Å². The summed E-state index contributed by atoms with van der Waals surface area (Å²) in [5.41, 5.74) is 1.65. The molecule has 1 N–H and O–H groups in total. The number of aryl methyl sites for hydroxylation is 1. The molecule has 2 aromatic rings. The highest BCUT2D eigenvalue weighted by Gasteiger charge is 2.32. The third-order valence-electron chi connectivity index (χ3n) is 4.73. The predicted octanol–water partition coefficient (Wildman–Crippen LogP) is 5.02. The number of hydrogen-bond donors (Lipinski definition) is 1. The molecule has 3 rings (SSSR count). The Hall–Kier alpha value is -2.14. The van der Waals surface area contributed by atoms with Crippen LogP contribution >= 0.6 is 11.3 Å². The van der Waals surface area contributed by atoms with E-state index in [1.165, 1.54) is 16.9 Å². The molecule has 1 fully saturated rings. The molecule has 0 radical (unpaired) electrons. The number of anilines is 1. The average molecular weight is 371 g/mol. The summed E-state index contributed by atoms with van der Waals surface area (Å²) in [5, 5.41) is 3.68. The molecule has 1 aromatic carbocycles. The molecule has 26 heavy (non-hydrogen) atoms. The molecular formula is C21H26N2O2S. The maximum atomic E-state index is 13.2. The highest BCUT2D eigenvalue weighted by molar-refractivity contribution is 7.18. The van der Waals surface area contributed by atoms with E-state index in [1.807, 2.05) is 56.9 Å². The van der Waals surface area contributed by atoms with E-state index in [0.29, 0.717) is 0 Å². The van der Waals surface area contributed by atoms with Crippen molar-refractivity contribution in [3.05, 3.63) is 52.4 Å². The van der Waals surface area contributed by atoms with E-state index in [2.05, 4.69) is 17.4 Å².